The summed E-state index contributed by atoms with van der Waals surface area (Å²) in [5.41, 5.74) is 15.5. The molecule has 10 heteroatoms. The van der Waals surface area contributed by atoms with E-state index in [4.69, 9.17) is 33.8 Å². The van der Waals surface area contributed by atoms with Gasteiger partial charge >= 0.3 is 0 Å². The van der Waals surface area contributed by atoms with Crippen molar-refractivity contribution in [2.75, 3.05) is 19.6 Å². The van der Waals surface area contributed by atoms with Gasteiger partial charge in [0.1, 0.15) is 0 Å². The number of hydrazine groups is 1. The summed E-state index contributed by atoms with van der Waals surface area (Å²) >= 11 is 12.7. The molecule has 0 unspecified atom stereocenters. The summed E-state index contributed by atoms with van der Waals surface area (Å²) in [6, 6.07) is 12.9. The average molecular weight is 522 g/mol. The van der Waals surface area contributed by atoms with Crippen molar-refractivity contribution in [1.29, 1.82) is 0 Å². The highest BCUT2D eigenvalue weighted by Gasteiger charge is 2.24. The summed E-state index contributed by atoms with van der Waals surface area (Å²) < 4.78 is 1.69. The Morgan fingerprint density at radius 2 is 1.92 bits per heavy atom. The lowest BCUT2D eigenvalue weighted by atomic mass is 10.0. The number of hydrogen-bond donors (Lipinski definition) is 1. The zero-order valence-electron chi connectivity index (χ0n) is 19.8. The van der Waals surface area contributed by atoms with Gasteiger partial charge in [0.15, 0.2) is 5.69 Å². The zero-order chi connectivity index (χ0) is 25.5. The van der Waals surface area contributed by atoms with E-state index in [-0.39, 0.29) is 5.91 Å². The maximum Gasteiger partial charge on any atom is 0.286 e. The fraction of sp³-hybridized carbons (Fsp3) is 0.308. The van der Waals surface area contributed by atoms with Crippen molar-refractivity contribution in [2.45, 2.75) is 32.6 Å². The maximum atomic E-state index is 13.2. The number of aromatic nitrogens is 2. The van der Waals surface area contributed by atoms with Gasteiger partial charge in [-0.25, -0.2) is 9.69 Å². The Kier molecular flexibility index (Phi) is 8.52. The van der Waals surface area contributed by atoms with Crippen LogP contribution in [0, 0.1) is 18.8 Å². The molecule has 0 atom stereocenters. The van der Waals surface area contributed by atoms with E-state index in [1.54, 1.807) is 22.9 Å². The third-order valence-corrected chi connectivity index (χ3v) is 6.42. The average Bonchev–Trinajstić information content (AvgIpc) is 3.21. The fourth-order valence-electron chi connectivity index (χ4n) is 4.11. The van der Waals surface area contributed by atoms with E-state index in [0.717, 1.165) is 48.3 Å². The van der Waals surface area contributed by atoms with Crippen molar-refractivity contribution in [1.82, 2.24) is 20.2 Å². The SMILES string of the molecule is Cc1c(C(=O)NN2CCCCC2)nn(-c2ccc(Cl)cc2Cl)c1-c1ccc(C#CCCN=[N+]=[N-])cc1. The number of piperidine rings is 1. The van der Waals surface area contributed by atoms with Gasteiger partial charge in [-0.05, 0) is 55.6 Å². The van der Waals surface area contributed by atoms with Crippen LogP contribution in [0.4, 0.5) is 0 Å². The number of rotatable bonds is 6. The first-order valence-corrected chi connectivity index (χ1v) is 12.4. The van der Waals surface area contributed by atoms with E-state index >= 15 is 0 Å². The maximum absolute atomic E-state index is 13.2. The normalized spacial score (nSPS) is 13.4. The Morgan fingerprint density at radius 3 is 2.61 bits per heavy atom. The molecule has 0 aliphatic carbocycles. The minimum atomic E-state index is -0.248. The van der Waals surface area contributed by atoms with Crippen LogP contribution in [0.3, 0.4) is 0 Å². The Bertz CT molecular complexity index is 1360. The molecule has 0 saturated carbocycles. The fourth-order valence-corrected chi connectivity index (χ4v) is 4.60. The van der Waals surface area contributed by atoms with Crippen molar-refractivity contribution >= 4 is 29.1 Å². The molecule has 1 fully saturated rings. The molecule has 1 aliphatic rings. The Labute approximate surface area is 219 Å². The molecule has 4 rings (SSSR count). The number of nitrogens with one attached hydrogen (secondary N) is 1. The van der Waals surface area contributed by atoms with Gasteiger partial charge in [0.2, 0.25) is 0 Å². The van der Waals surface area contributed by atoms with Gasteiger partial charge in [0, 0.05) is 52.7 Å². The Hall–Kier alpha value is -3.47. The lowest BCUT2D eigenvalue weighted by Gasteiger charge is -2.26. The number of amides is 1. The second kappa shape index (κ2) is 12.0. The summed E-state index contributed by atoms with van der Waals surface area (Å²) in [4.78, 5) is 15.9. The second-order valence-corrected chi connectivity index (χ2v) is 9.25. The number of azide groups is 1. The molecule has 2 heterocycles. The summed E-state index contributed by atoms with van der Waals surface area (Å²) in [5, 5.41) is 11.1. The van der Waals surface area contributed by atoms with Crippen LogP contribution in [0.2, 0.25) is 10.0 Å². The van der Waals surface area contributed by atoms with Crippen LogP contribution < -0.4 is 5.43 Å². The van der Waals surface area contributed by atoms with Crippen LogP contribution in [-0.2, 0) is 0 Å². The number of carbonyl (C=O) groups is 1. The summed E-state index contributed by atoms with van der Waals surface area (Å²) in [6.07, 6.45) is 3.77. The van der Waals surface area contributed by atoms with Gasteiger partial charge in [-0.1, -0.05) is 58.7 Å². The lowest BCUT2D eigenvalue weighted by Crippen LogP contribution is -2.45. The topological polar surface area (TPSA) is 98.9 Å². The number of carbonyl (C=O) groups excluding carboxylic acids is 1. The molecule has 0 spiro atoms. The van der Waals surface area contributed by atoms with Crippen LogP contribution >= 0.6 is 23.2 Å². The monoisotopic (exact) mass is 521 g/mol. The molecule has 1 aliphatic heterocycles. The van der Waals surface area contributed by atoms with Crippen LogP contribution in [0.1, 0.15) is 47.3 Å². The highest BCUT2D eigenvalue weighted by molar-refractivity contribution is 6.35. The summed E-state index contributed by atoms with van der Waals surface area (Å²) in [6.45, 7) is 3.88. The summed E-state index contributed by atoms with van der Waals surface area (Å²) in [7, 11) is 0. The minimum absolute atomic E-state index is 0.248. The third-order valence-electron chi connectivity index (χ3n) is 5.88. The third kappa shape index (κ3) is 6.01. The lowest BCUT2D eigenvalue weighted by molar-refractivity contribution is 0.0743. The minimum Gasteiger partial charge on any atom is -0.283 e. The van der Waals surface area contributed by atoms with Crippen molar-refractivity contribution in [3.8, 4) is 28.8 Å². The van der Waals surface area contributed by atoms with E-state index in [0.29, 0.717) is 34.4 Å². The molecular weight excluding hydrogens is 497 g/mol. The number of nitrogens with zero attached hydrogens (tertiary/aromatic N) is 6. The molecule has 1 amide bonds. The van der Waals surface area contributed by atoms with Gasteiger partial charge in [-0.3, -0.25) is 10.2 Å². The summed E-state index contributed by atoms with van der Waals surface area (Å²) in [5.74, 6) is 5.81. The van der Waals surface area contributed by atoms with Crippen molar-refractivity contribution in [2.24, 2.45) is 5.11 Å². The highest BCUT2D eigenvalue weighted by atomic mass is 35.5. The van der Waals surface area contributed by atoms with E-state index in [2.05, 4.69) is 27.3 Å². The van der Waals surface area contributed by atoms with Gasteiger partial charge in [0.25, 0.3) is 5.91 Å². The number of halogens is 2. The molecule has 0 bridgehead atoms. The highest BCUT2D eigenvalue weighted by Crippen LogP contribution is 2.33. The molecular formula is C26H25Cl2N7O. The van der Waals surface area contributed by atoms with E-state index in [1.807, 2.05) is 36.2 Å². The van der Waals surface area contributed by atoms with Crippen LogP contribution in [-0.4, -0.2) is 40.3 Å². The van der Waals surface area contributed by atoms with Crippen molar-refractivity contribution < 1.29 is 4.79 Å². The predicted octanol–water partition coefficient (Wildman–Crippen LogP) is 6.34. The number of hydrogen-bond acceptors (Lipinski definition) is 4. The molecule has 184 valence electrons. The first kappa shape index (κ1) is 25.6. The Balaban J connectivity index is 1.71. The van der Waals surface area contributed by atoms with Gasteiger partial charge in [-0.15, -0.1) is 0 Å². The van der Waals surface area contributed by atoms with Gasteiger partial charge in [0.05, 0.1) is 16.4 Å². The smallest absolute Gasteiger partial charge is 0.283 e. The van der Waals surface area contributed by atoms with E-state index < -0.39 is 0 Å². The molecule has 1 aromatic heterocycles. The van der Waals surface area contributed by atoms with Crippen LogP contribution in [0.15, 0.2) is 47.6 Å². The predicted molar refractivity (Wildman–Crippen MR) is 142 cm³/mol. The molecule has 3 aromatic rings. The standard InChI is InChI=1S/C26H25Cl2N7O/c1-18-24(26(36)32-34-15-5-2-6-16-34)31-35(23-13-12-21(27)17-22(23)28)25(18)20-10-8-19(9-11-20)7-3-4-14-30-33-29/h8-13,17H,2,4-6,14-16H2,1H3,(H,32,36). The van der Waals surface area contributed by atoms with Crippen molar-refractivity contribution in [3.05, 3.63) is 79.8 Å². The first-order chi connectivity index (χ1) is 17.5. The first-order valence-electron chi connectivity index (χ1n) is 11.7. The van der Waals surface area contributed by atoms with Gasteiger partial charge < -0.3 is 0 Å². The molecule has 8 nitrogen and oxygen atoms in total. The van der Waals surface area contributed by atoms with Crippen molar-refractivity contribution in [3.63, 3.8) is 0 Å². The van der Waals surface area contributed by atoms with E-state index in [9.17, 15) is 4.79 Å². The molecule has 1 saturated heterocycles. The molecule has 36 heavy (non-hydrogen) atoms. The molecule has 0 radical (unpaired) electrons. The zero-order valence-corrected chi connectivity index (χ0v) is 21.4. The van der Waals surface area contributed by atoms with E-state index in [1.165, 1.54) is 6.42 Å². The van der Waals surface area contributed by atoms with Gasteiger partial charge in [-0.2, -0.15) is 5.10 Å². The molecule has 1 N–H and O–H groups in total. The number of benzene rings is 2. The molecule has 2 aromatic carbocycles. The second-order valence-electron chi connectivity index (χ2n) is 8.40. The van der Waals surface area contributed by atoms with Crippen LogP contribution in [0.5, 0.6) is 0 Å². The van der Waals surface area contributed by atoms with Crippen LogP contribution in [0.25, 0.3) is 27.4 Å². The quantitative estimate of drug-likeness (QED) is 0.135. The Morgan fingerprint density at radius 1 is 1.17 bits per heavy atom. The largest absolute Gasteiger partial charge is 0.286 e.